The van der Waals surface area contributed by atoms with E-state index in [9.17, 15) is 0 Å². The number of anilines is 1. The number of nitrogens with zero attached hydrogens (tertiary/aromatic N) is 5. The monoisotopic (exact) mass is 236 g/mol. The van der Waals surface area contributed by atoms with Crippen molar-refractivity contribution in [2.24, 2.45) is 7.05 Å². The molecule has 0 radical (unpaired) electrons. The minimum atomic E-state index is 0.279. The first-order valence-electron chi connectivity index (χ1n) is 4.71. The third-order valence-electron chi connectivity index (χ3n) is 2.10. The highest BCUT2D eigenvalue weighted by Crippen LogP contribution is 2.24. The Balaban J connectivity index is 2.30. The fourth-order valence-electron chi connectivity index (χ4n) is 1.18. The lowest BCUT2D eigenvalue weighted by atomic mass is 10.5. The fraction of sp³-hybridized carbons (Fsp3) is 0.333. The Morgan fingerprint density at radius 2 is 2.00 bits per heavy atom. The molecule has 0 spiro atoms. The molecule has 0 amide bonds. The van der Waals surface area contributed by atoms with E-state index in [1.807, 2.05) is 31.5 Å². The summed E-state index contributed by atoms with van der Waals surface area (Å²) >= 11 is 1.42. The van der Waals surface area contributed by atoms with E-state index < -0.39 is 0 Å². The maximum atomic E-state index is 5.58. The van der Waals surface area contributed by atoms with Crippen LogP contribution in [0.2, 0.25) is 0 Å². The molecular weight excluding hydrogens is 224 g/mol. The van der Waals surface area contributed by atoms with Crippen LogP contribution in [0.25, 0.3) is 0 Å². The minimum Gasteiger partial charge on any atom is -0.368 e. The number of hydrogen-bond donors (Lipinski definition) is 1. The molecule has 16 heavy (non-hydrogen) atoms. The van der Waals surface area contributed by atoms with Gasteiger partial charge in [0.2, 0.25) is 5.95 Å². The summed E-state index contributed by atoms with van der Waals surface area (Å²) in [6.07, 6.45) is 0. The van der Waals surface area contributed by atoms with Crippen LogP contribution in [0.4, 0.5) is 5.95 Å². The summed E-state index contributed by atoms with van der Waals surface area (Å²) in [4.78, 5) is 8.14. The highest BCUT2D eigenvalue weighted by Gasteiger charge is 2.08. The number of rotatable bonds is 2. The standard InChI is InChI=1S/C9H12N6S/c1-5-4-7(12-8(10)11-5)16-9-14-13-6(2)15(9)3/h4H,1-3H3,(H2,10,11,12). The van der Waals surface area contributed by atoms with Crippen LogP contribution in [-0.2, 0) is 7.05 Å². The highest BCUT2D eigenvalue weighted by molar-refractivity contribution is 7.99. The van der Waals surface area contributed by atoms with Crippen LogP contribution in [0.5, 0.6) is 0 Å². The molecule has 6 nitrogen and oxygen atoms in total. The molecule has 0 fully saturated rings. The first kappa shape index (κ1) is 10.9. The number of aromatic nitrogens is 5. The van der Waals surface area contributed by atoms with Crippen LogP contribution in [-0.4, -0.2) is 24.7 Å². The summed E-state index contributed by atoms with van der Waals surface area (Å²) in [6, 6.07) is 1.87. The van der Waals surface area contributed by atoms with Crippen molar-refractivity contribution < 1.29 is 0 Å². The van der Waals surface area contributed by atoms with Gasteiger partial charge in [-0.2, -0.15) is 0 Å². The Morgan fingerprint density at radius 3 is 2.56 bits per heavy atom. The maximum absolute atomic E-state index is 5.58. The lowest BCUT2D eigenvalue weighted by Gasteiger charge is -2.02. The fourth-order valence-corrected chi connectivity index (χ4v) is 2.09. The Morgan fingerprint density at radius 1 is 1.25 bits per heavy atom. The summed E-state index contributed by atoms with van der Waals surface area (Å²) in [6.45, 7) is 3.78. The van der Waals surface area contributed by atoms with Gasteiger partial charge in [-0.3, -0.25) is 0 Å². The molecule has 0 aliphatic heterocycles. The molecule has 0 aliphatic rings. The molecule has 84 valence electrons. The van der Waals surface area contributed by atoms with Gasteiger partial charge in [0, 0.05) is 12.7 Å². The van der Waals surface area contributed by atoms with Gasteiger partial charge in [-0.15, -0.1) is 10.2 Å². The molecule has 2 aromatic heterocycles. The Kier molecular flexibility index (Phi) is 2.78. The number of nitrogen functional groups attached to an aromatic ring is 1. The van der Waals surface area contributed by atoms with Crippen molar-refractivity contribution in [2.75, 3.05) is 5.73 Å². The van der Waals surface area contributed by atoms with E-state index in [0.717, 1.165) is 21.7 Å². The van der Waals surface area contributed by atoms with Crippen LogP contribution in [0.1, 0.15) is 11.5 Å². The van der Waals surface area contributed by atoms with Crippen molar-refractivity contribution in [3.05, 3.63) is 17.6 Å². The number of nitrogens with two attached hydrogens (primary N) is 1. The van der Waals surface area contributed by atoms with E-state index in [0.29, 0.717) is 0 Å². The quantitative estimate of drug-likeness (QED) is 0.782. The normalized spacial score (nSPS) is 10.7. The Hall–Kier alpha value is -1.63. The molecule has 0 atom stereocenters. The summed E-state index contributed by atoms with van der Waals surface area (Å²) in [5.41, 5.74) is 6.42. The van der Waals surface area contributed by atoms with Gasteiger partial charge in [0.1, 0.15) is 10.9 Å². The highest BCUT2D eigenvalue weighted by atomic mass is 32.2. The SMILES string of the molecule is Cc1cc(Sc2nnc(C)n2C)nc(N)n1. The van der Waals surface area contributed by atoms with E-state index >= 15 is 0 Å². The van der Waals surface area contributed by atoms with Gasteiger partial charge >= 0.3 is 0 Å². The van der Waals surface area contributed by atoms with Gasteiger partial charge in [-0.25, -0.2) is 9.97 Å². The van der Waals surface area contributed by atoms with E-state index in [1.165, 1.54) is 11.8 Å². The van der Waals surface area contributed by atoms with Crippen molar-refractivity contribution in [2.45, 2.75) is 24.0 Å². The molecule has 2 heterocycles. The topological polar surface area (TPSA) is 82.5 Å². The molecule has 2 N–H and O–H groups in total. The third kappa shape index (κ3) is 2.13. The lowest BCUT2D eigenvalue weighted by Crippen LogP contribution is -1.99. The van der Waals surface area contributed by atoms with E-state index in [-0.39, 0.29) is 5.95 Å². The lowest BCUT2D eigenvalue weighted by molar-refractivity contribution is 0.764. The maximum Gasteiger partial charge on any atom is 0.221 e. The predicted octanol–water partition coefficient (Wildman–Crippen LogP) is 0.955. The van der Waals surface area contributed by atoms with Crippen molar-refractivity contribution >= 4 is 17.7 Å². The Labute approximate surface area is 97.3 Å². The Bertz CT molecular complexity index is 500. The smallest absolute Gasteiger partial charge is 0.221 e. The van der Waals surface area contributed by atoms with E-state index in [1.54, 1.807) is 0 Å². The summed E-state index contributed by atoms with van der Waals surface area (Å²) in [5, 5.41) is 9.58. The average Bonchev–Trinajstić information content (AvgIpc) is 2.48. The average molecular weight is 236 g/mol. The molecule has 0 aromatic carbocycles. The van der Waals surface area contributed by atoms with Gasteiger partial charge < -0.3 is 10.3 Å². The van der Waals surface area contributed by atoms with Gasteiger partial charge in [0.25, 0.3) is 0 Å². The summed E-state index contributed by atoms with van der Waals surface area (Å²) in [7, 11) is 1.91. The molecule has 0 bridgehead atoms. The molecule has 7 heteroatoms. The molecule has 2 rings (SSSR count). The molecular formula is C9H12N6S. The first-order valence-corrected chi connectivity index (χ1v) is 5.53. The second kappa shape index (κ2) is 4.09. The largest absolute Gasteiger partial charge is 0.368 e. The van der Waals surface area contributed by atoms with Gasteiger partial charge in [0.15, 0.2) is 5.16 Å². The van der Waals surface area contributed by atoms with Crippen LogP contribution in [0.15, 0.2) is 16.2 Å². The molecule has 0 aliphatic carbocycles. The molecule has 0 saturated carbocycles. The van der Waals surface area contributed by atoms with Gasteiger partial charge in [0.05, 0.1) is 0 Å². The number of hydrogen-bond acceptors (Lipinski definition) is 6. The van der Waals surface area contributed by atoms with Crippen molar-refractivity contribution in [1.29, 1.82) is 0 Å². The molecule has 0 saturated heterocycles. The number of aryl methyl sites for hydroxylation is 2. The van der Waals surface area contributed by atoms with Crippen LogP contribution < -0.4 is 5.73 Å². The zero-order chi connectivity index (χ0) is 11.7. The zero-order valence-electron chi connectivity index (χ0n) is 9.30. The molecule has 2 aromatic rings. The third-order valence-corrected chi connectivity index (χ3v) is 3.05. The second-order valence-electron chi connectivity index (χ2n) is 3.40. The van der Waals surface area contributed by atoms with Crippen LogP contribution in [0.3, 0.4) is 0 Å². The van der Waals surface area contributed by atoms with E-state index in [4.69, 9.17) is 5.73 Å². The summed E-state index contributed by atoms with van der Waals surface area (Å²) < 4.78 is 1.90. The van der Waals surface area contributed by atoms with Gasteiger partial charge in [-0.05, 0) is 31.7 Å². The molecule has 0 unspecified atom stereocenters. The van der Waals surface area contributed by atoms with Crippen LogP contribution >= 0.6 is 11.8 Å². The zero-order valence-corrected chi connectivity index (χ0v) is 10.1. The summed E-state index contributed by atoms with van der Waals surface area (Å²) in [5.74, 6) is 1.14. The van der Waals surface area contributed by atoms with Crippen molar-refractivity contribution in [3.8, 4) is 0 Å². The first-order chi connectivity index (χ1) is 7.56. The minimum absolute atomic E-state index is 0.279. The van der Waals surface area contributed by atoms with Crippen LogP contribution in [0, 0.1) is 13.8 Å². The second-order valence-corrected chi connectivity index (χ2v) is 4.38. The van der Waals surface area contributed by atoms with Crippen molar-refractivity contribution in [1.82, 2.24) is 24.7 Å². The van der Waals surface area contributed by atoms with Gasteiger partial charge in [-0.1, -0.05) is 0 Å². The predicted molar refractivity (Wildman–Crippen MR) is 61.0 cm³/mol. The van der Waals surface area contributed by atoms with Crippen molar-refractivity contribution in [3.63, 3.8) is 0 Å². The van der Waals surface area contributed by atoms with E-state index in [2.05, 4.69) is 20.2 Å².